The number of fused-ring (bicyclic) bond motifs is 3. The van der Waals surface area contributed by atoms with Gasteiger partial charge in [-0.05, 0) is 16.8 Å². The number of hydrogen-bond acceptors (Lipinski definition) is 5. The molecule has 148 valence electrons. The lowest BCUT2D eigenvalue weighted by Crippen LogP contribution is -3.12. The molecule has 0 radical (unpaired) electrons. The number of nitrogens with one attached hydrogen (secondary N) is 2. The third-order valence-corrected chi connectivity index (χ3v) is 6.13. The molecule has 29 heavy (non-hydrogen) atoms. The van der Waals surface area contributed by atoms with Crippen molar-refractivity contribution in [2.75, 3.05) is 31.6 Å². The van der Waals surface area contributed by atoms with Gasteiger partial charge in [0.25, 0.3) is 0 Å². The second kappa shape index (κ2) is 7.94. The van der Waals surface area contributed by atoms with Crippen molar-refractivity contribution in [2.24, 2.45) is 0 Å². The summed E-state index contributed by atoms with van der Waals surface area (Å²) in [6, 6.07) is 12.2. The predicted octanol–water partition coefficient (Wildman–Crippen LogP) is 2.64. The van der Waals surface area contributed by atoms with Crippen molar-refractivity contribution < 1.29 is 18.8 Å². The highest BCUT2D eigenvalue weighted by molar-refractivity contribution is 7.13. The van der Waals surface area contributed by atoms with Gasteiger partial charge in [0.2, 0.25) is 5.91 Å². The molecule has 1 fully saturated rings. The zero-order chi connectivity index (χ0) is 19.6. The van der Waals surface area contributed by atoms with Crippen LogP contribution in [-0.4, -0.2) is 37.2 Å². The lowest BCUT2D eigenvalue weighted by atomic mass is 10.0. The lowest BCUT2D eigenvalue weighted by molar-refractivity contribution is -0.921. The molecular weight excluding hydrogens is 386 g/mol. The molecule has 0 atom stereocenters. The summed E-state index contributed by atoms with van der Waals surface area (Å²) in [4.78, 5) is 18.7. The fraction of sp³-hybridized carbons (Fsp3) is 0.273. The van der Waals surface area contributed by atoms with Crippen molar-refractivity contribution in [3.63, 3.8) is 0 Å². The van der Waals surface area contributed by atoms with E-state index >= 15 is 0 Å². The van der Waals surface area contributed by atoms with Gasteiger partial charge in [-0.2, -0.15) is 0 Å². The number of ether oxygens (including phenoxy) is 1. The standard InChI is InChI=1S/C22H21N3O3S/c26-20(24-22-23-17(14-29-22)12-25-7-9-27-10-8-25)11-16-13-28-19-6-5-15-3-1-2-4-18(15)21(16)19/h1-6,13-14H,7-12H2,(H,23,24,26)/p+1. The van der Waals surface area contributed by atoms with Crippen molar-refractivity contribution in [3.8, 4) is 0 Å². The molecule has 1 saturated heterocycles. The summed E-state index contributed by atoms with van der Waals surface area (Å²) in [5.74, 6) is -0.0831. The lowest BCUT2D eigenvalue weighted by Gasteiger charge is -2.22. The molecule has 1 aliphatic rings. The Balaban J connectivity index is 1.29. The first-order chi connectivity index (χ1) is 14.3. The van der Waals surface area contributed by atoms with E-state index in [2.05, 4.69) is 22.4 Å². The van der Waals surface area contributed by atoms with E-state index in [0.717, 1.165) is 65.8 Å². The molecular formula is C22H22N3O3S+. The Morgan fingerprint density at radius 1 is 1.17 bits per heavy atom. The molecule has 0 unspecified atom stereocenters. The summed E-state index contributed by atoms with van der Waals surface area (Å²) in [7, 11) is 0. The highest BCUT2D eigenvalue weighted by atomic mass is 32.1. The van der Waals surface area contributed by atoms with Crippen molar-refractivity contribution >= 4 is 44.1 Å². The molecule has 7 heteroatoms. The van der Waals surface area contributed by atoms with Gasteiger partial charge in [-0.1, -0.05) is 30.3 Å². The summed E-state index contributed by atoms with van der Waals surface area (Å²) in [6.07, 6.45) is 1.94. The van der Waals surface area contributed by atoms with Gasteiger partial charge in [-0.25, -0.2) is 4.98 Å². The van der Waals surface area contributed by atoms with Crippen LogP contribution in [0.25, 0.3) is 21.7 Å². The van der Waals surface area contributed by atoms with Gasteiger partial charge in [0.15, 0.2) is 5.13 Å². The average Bonchev–Trinajstić information content (AvgIpc) is 3.35. The summed E-state index contributed by atoms with van der Waals surface area (Å²) in [5.41, 5.74) is 2.71. The molecule has 0 bridgehead atoms. The van der Waals surface area contributed by atoms with E-state index < -0.39 is 0 Å². The summed E-state index contributed by atoms with van der Waals surface area (Å²) in [5, 5.41) is 8.87. The van der Waals surface area contributed by atoms with E-state index in [1.165, 1.54) is 16.2 Å². The smallest absolute Gasteiger partial charge is 0.230 e. The Morgan fingerprint density at radius 3 is 2.93 bits per heavy atom. The molecule has 0 spiro atoms. The monoisotopic (exact) mass is 408 g/mol. The van der Waals surface area contributed by atoms with Crippen LogP contribution in [-0.2, 0) is 22.5 Å². The van der Waals surface area contributed by atoms with Gasteiger partial charge >= 0.3 is 0 Å². The molecule has 0 aliphatic carbocycles. The first-order valence-corrected chi connectivity index (χ1v) is 10.7. The maximum atomic E-state index is 12.7. The van der Waals surface area contributed by atoms with Gasteiger partial charge in [-0.3, -0.25) is 4.79 Å². The van der Waals surface area contributed by atoms with E-state index in [0.29, 0.717) is 5.13 Å². The number of rotatable bonds is 5. The third kappa shape index (κ3) is 3.89. The number of quaternary nitrogens is 1. The number of amides is 1. The predicted molar refractivity (Wildman–Crippen MR) is 113 cm³/mol. The van der Waals surface area contributed by atoms with E-state index in [1.807, 2.05) is 29.6 Å². The molecule has 5 rings (SSSR count). The number of nitrogens with zero attached hydrogens (tertiary/aromatic N) is 1. The minimum atomic E-state index is -0.0831. The Labute approximate surface area is 172 Å². The van der Waals surface area contributed by atoms with Gasteiger partial charge in [-0.15, -0.1) is 11.3 Å². The number of benzene rings is 2. The van der Waals surface area contributed by atoms with Crippen LogP contribution in [0.4, 0.5) is 5.13 Å². The zero-order valence-corrected chi connectivity index (χ0v) is 16.8. The fourth-order valence-corrected chi connectivity index (χ4v) is 4.61. The fourth-order valence-electron chi connectivity index (χ4n) is 3.88. The van der Waals surface area contributed by atoms with Crippen molar-refractivity contribution in [1.82, 2.24) is 4.98 Å². The summed E-state index contributed by atoms with van der Waals surface area (Å²) in [6.45, 7) is 4.47. The Hall–Kier alpha value is -2.74. The largest absolute Gasteiger partial charge is 0.464 e. The SMILES string of the molecule is O=C(Cc1coc2ccc3ccccc3c12)Nc1nc(C[NH+]2CCOCC2)cs1. The minimum Gasteiger partial charge on any atom is -0.464 e. The quantitative estimate of drug-likeness (QED) is 0.533. The number of hydrogen-bond donors (Lipinski definition) is 2. The second-order valence-electron chi connectivity index (χ2n) is 7.33. The van der Waals surface area contributed by atoms with E-state index in [1.54, 1.807) is 6.26 Å². The number of furan rings is 1. The molecule has 3 heterocycles. The number of aromatic nitrogens is 1. The second-order valence-corrected chi connectivity index (χ2v) is 8.19. The topological polar surface area (TPSA) is 68.8 Å². The number of anilines is 1. The molecule has 2 N–H and O–H groups in total. The van der Waals surface area contributed by atoms with Crippen molar-refractivity contribution in [2.45, 2.75) is 13.0 Å². The highest BCUT2D eigenvalue weighted by Crippen LogP contribution is 2.30. The average molecular weight is 409 g/mol. The molecule has 0 saturated carbocycles. The Kier molecular flexibility index (Phi) is 5.01. The number of morpholine rings is 1. The Morgan fingerprint density at radius 2 is 2.03 bits per heavy atom. The first kappa shape index (κ1) is 18.3. The molecule has 6 nitrogen and oxygen atoms in total. The van der Waals surface area contributed by atoms with E-state index in [-0.39, 0.29) is 12.3 Å². The van der Waals surface area contributed by atoms with E-state index in [9.17, 15) is 4.79 Å². The maximum absolute atomic E-state index is 12.7. The number of carbonyl (C=O) groups excluding carboxylic acids is 1. The zero-order valence-electron chi connectivity index (χ0n) is 15.9. The van der Waals surface area contributed by atoms with E-state index in [4.69, 9.17) is 9.15 Å². The van der Waals surface area contributed by atoms with Crippen LogP contribution >= 0.6 is 11.3 Å². The van der Waals surface area contributed by atoms with Crippen LogP contribution in [0.5, 0.6) is 0 Å². The van der Waals surface area contributed by atoms with Gasteiger partial charge in [0.05, 0.1) is 25.9 Å². The van der Waals surface area contributed by atoms with Crippen LogP contribution in [0.15, 0.2) is 52.5 Å². The number of carbonyl (C=O) groups is 1. The van der Waals surface area contributed by atoms with Crippen LogP contribution in [0.3, 0.4) is 0 Å². The van der Waals surface area contributed by atoms with Gasteiger partial charge < -0.3 is 19.4 Å². The Bertz CT molecular complexity index is 1160. The first-order valence-electron chi connectivity index (χ1n) is 9.80. The minimum absolute atomic E-state index is 0.0831. The van der Waals surface area contributed by atoms with Crippen LogP contribution in [0.1, 0.15) is 11.3 Å². The maximum Gasteiger partial charge on any atom is 0.230 e. The number of thiazole rings is 1. The van der Waals surface area contributed by atoms with Gasteiger partial charge in [0.1, 0.15) is 30.9 Å². The summed E-state index contributed by atoms with van der Waals surface area (Å²) >= 11 is 1.47. The van der Waals surface area contributed by atoms with Crippen LogP contribution in [0.2, 0.25) is 0 Å². The third-order valence-electron chi connectivity index (χ3n) is 5.32. The van der Waals surface area contributed by atoms with Crippen LogP contribution < -0.4 is 10.2 Å². The molecule has 1 aliphatic heterocycles. The normalized spacial score (nSPS) is 15.2. The molecule has 4 aromatic rings. The van der Waals surface area contributed by atoms with Crippen molar-refractivity contribution in [3.05, 3.63) is 59.3 Å². The molecule has 1 amide bonds. The molecule has 2 aromatic heterocycles. The van der Waals surface area contributed by atoms with Gasteiger partial charge in [0, 0.05) is 16.3 Å². The van der Waals surface area contributed by atoms with Crippen molar-refractivity contribution in [1.29, 1.82) is 0 Å². The van der Waals surface area contributed by atoms with Crippen LogP contribution in [0, 0.1) is 0 Å². The summed E-state index contributed by atoms with van der Waals surface area (Å²) < 4.78 is 11.1. The molecule has 2 aromatic carbocycles. The highest BCUT2D eigenvalue weighted by Gasteiger charge is 2.17.